The highest BCUT2D eigenvalue weighted by molar-refractivity contribution is 5.80. The number of benzene rings is 2. The molecule has 0 spiro atoms. The summed E-state index contributed by atoms with van der Waals surface area (Å²) in [4.78, 5) is 26.6. The van der Waals surface area contributed by atoms with Gasteiger partial charge in [-0.1, -0.05) is 88.4 Å². The van der Waals surface area contributed by atoms with Crippen molar-refractivity contribution >= 4 is 11.8 Å². The molecule has 4 rings (SSSR count). The normalized spacial score (nSPS) is 21.2. The van der Waals surface area contributed by atoms with Crippen LogP contribution >= 0.6 is 0 Å². The lowest BCUT2D eigenvalue weighted by Crippen LogP contribution is -2.55. The Kier molecular flexibility index (Phi) is 13.0. The predicted molar refractivity (Wildman–Crippen MR) is 168 cm³/mol. The van der Waals surface area contributed by atoms with Crippen molar-refractivity contribution in [2.45, 2.75) is 95.6 Å². The van der Waals surface area contributed by atoms with Crippen molar-refractivity contribution in [1.29, 1.82) is 0 Å². The molecular formula is C35H50N2O7. The number of rotatable bonds is 16. The fourth-order valence-electron chi connectivity index (χ4n) is 6.65. The number of aliphatic hydroxyl groups excluding tert-OH is 3. The van der Waals surface area contributed by atoms with Gasteiger partial charge in [-0.15, -0.1) is 0 Å². The molecule has 1 saturated carbocycles. The highest BCUT2D eigenvalue weighted by Crippen LogP contribution is 2.33. The van der Waals surface area contributed by atoms with Gasteiger partial charge in [0, 0.05) is 12.8 Å². The van der Waals surface area contributed by atoms with E-state index < -0.39 is 42.2 Å². The summed E-state index contributed by atoms with van der Waals surface area (Å²) in [7, 11) is 0. The lowest BCUT2D eigenvalue weighted by atomic mass is 9.79. The largest absolute Gasteiger partial charge is 0.491 e. The molecule has 0 saturated heterocycles. The fraction of sp³-hybridized carbons (Fsp3) is 0.600. The first-order chi connectivity index (χ1) is 21.2. The van der Waals surface area contributed by atoms with E-state index in [9.17, 15) is 24.9 Å². The molecule has 2 aliphatic carbocycles. The number of fused-ring (bicyclic) bond motifs is 1. The van der Waals surface area contributed by atoms with E-state index in [1.165, 1.54) is 6.42 Å². The second-order valence-electron chi connectivity index (χ2n) is 12.6. The zero-order chi connectivity index (χ0) is 31.5. The van der Waals surface area contributed by atoms with Gasteiger partial charge < -0.3 is 35.4 Å². The molecule has 0 aliphatic heterocycles. The molecule has 1 unspecified atom stereocenters. The van der Waals surface area contributed by atoms with Gasteiger partial charge in [-0.3, -0.25) is 9.59 Å². The van der Waals surface area contributed by atoms with Crippen LogP contribution in [-0.2, 0) is 20.7 Å². The number of carbonyl (C=O) groups is 2. The van der Waals surface area contributed by atoms with Gasteiger partial charge in [-0.05, 0) is 41.5 Å². The van der Waals surface area contributed by atoms with Crippen LogP contribution in [0.4, 0.5) is 0 Å². The Morgan fingerprint density at radius 3 is 2.34 bits per heavy atom. The molecule has 242 valence electrons. The lowest BCUT2D eigenvalue weighted by Gasteiger charge is -2.36. The topological polar surface area (TPSA) is 137 Å². The van der Waals surface area contributed by atoms with Crippen molar-refractivity contribution < 1.29 is 34.4 Å². The van der Waals surface area contributed by atoms with E-state index in [2.05, 4.69) is 10.6 Å². The molecule has 6 atom stereocenters. The summed E-state index contributed by atoms with van der Waals surface area (Å²) in [5, 5.41) is 39.6. The van der Waals surface area contributed by atoms with Crippen molar-refractivity contribution in [1.82, 2.24) is 10.6 Å². The average Bonchev–Trinajstić information content (AvgIpc) is 3.33. The second kappa shape index (κ2) is 16.9. The van der Waals surface area contributed by atoms with Crippen molar-refractivity contribution in [2.24, 2.45) is 17.8 Å². The number of amides is 2. The molecule has 0 aromatic heterocycles. The molecule has 2 aromatic carbocycles. The molecule has 0 heterocycles. The Hall–Kier alpha value is -2.98. The van der Waals surface area contributed by atoms with Crippen LogP contribution in [0.2, 0.25) is 0 Å². The fourth-order valence-corrected chi connectivity index (χ4v) is 6.65. The van der Waals surface area contributed by atoms with Crippen molar-refractivity contribution in [3.8, 4) is 5.75 Å². The molecule has 9 nitrogen and oxygen atoms in total. The molecule has 0 radical (unpaired) electrons. The van der Waals surface area contributed by atoms with E-state index in [0.717, 1.165) is 42.6 Å². The van der Waals surface area contributed by atoms with Crippen LogP contribution in [0.25, 0.3) is 0 Å². The van der Waals surface area contributed by atoms with Gasteiger partial charge in [0.25, 0.3) is 0 Å². The van der Waals surface area contributed by atoms with Crippen LogP contribution in [-0.4, -0.2) is 71.3 Å². The summed E-state index contributed by atoms with van der Waals surface area (Å²) >= 11 is 0. The van der Waals surface area contributed by atoms with Crippen LogP contribution < -0.4 is 15.4 Å². The quantitative estimate of drug-likeness (QED) is 0.183. The number of hydrogen-bond donors (Lipinski definition) is 5. The Morgan fingerprint density at radius 1 is 0.909 bits per heavy atom. The number of nitrogens with one attached hydrogen (secondary N) is 2. The highest BCUT2D eigenvalue weighted by Gasteiger charge is 2.41. The number of hydrogen-bond acceptors (Lipinski definition) is 7. The van der Waals surface area contributed by atoms with Gasteiger partial charge in [0.15, 0.2) is 0 Å². The zero-order valence-corrected chi connectivity index (χ0v) is 26.1. The summed E-state index contributed by atoms with van der Waals surface area (Å²) in [5.41, 5.74) is 1.84. The third-order valence-electron chi connectivity index (χ3n) is 9.02. The van der Waals surface area contributed by atoms with Gasteiger partial charge in [0.1, 0.15) is 18.5 Å². The third-order valence-corrected chi connectivity index (χ3v) is 9.02. The number of aliphatic hydroxyl groups is 3. The molecular weight excluding hydrogens is 560 g/mol. The van der Waals surface area contributed by atoms with Crippen LogP contribution in [0.15, 0.2) is 54.6 Å². The first-order valence-electron chi connectivity index (χ1n) is 16.2. The summed E-state index contributed by atoms with van der Waals surface area (Å²) in [6.45, 7) is 4.55. The van der Waals surface area contributed by atoms with E-state index in [1.54, 1.807) is 0 Å². The molecule has 9 heteroatoms. The van der Waals surface area contributed by atoms with Crippen molar-refractivity contribution in [3.05, 3.63) is 65.7 Å². The third kappa shape index (κ3) is 9.51. The Balaban J connectivity index is 1.34. The van der Waals surface area contributed by atoms with E-state index in [4.69, 9.17) is 9.47 Å². The zero-order valence-electron chi connectivity index (χ0n) is 26.1. The SMILES string of the molecule is CC(C)[C@@H](C(=O)NC1c2ccccc2C[C@H]1O)[C@@H](O)[C@H](O)[C@H](CC1CCCCC1)NC(=O)CCOCCOc1ccccc1. The van der Waals surface area contributed by atoms with Crippen LogP contribution in [0.3, 0.4) is 0 Å². The lowest BCUT2D eigenvalue weighted by molar-refractivity contribution is -0.138. The van der Waals surface area contributed by atoms with Crippen LogP contribution in [0, 0.1) is 17.8 Å². The van der Waals surface area contributed by atoms with Gasteiger partial charge in [0.05, 0.1) is 43.4 Å². The first-order valence-corrected chi connectivity index (χ1v) is 16.2. The van der Waals surface area contributed by atoms with E-state index in [1.807, 2.05) is 68.4 Å². The summed E-state index contributed by atoms with van der Waals surface area (Å²) < 4.78 is 11.2. The minimum absolute atomic E-state index is 0.0996. The van der Waals surface area contributed by atoms with Gasteiger partial charge in [-0.25, -0.2) is 0 Å². The van der Waals surface area contributed by atoms with E-state index in [0.29, 0.717) is 32.0 Å². The first kappa shape index (κ1) is 33.9. The van der Waals surface area contributed by atoms with E-state index >= 15 is 0 Å². The van der Waals surface area contributed by atoms with Gasteiger partial charge in [0.2, 0.25) is 11.8 Å². The molecule has 2 aromatic rings. The molecule has 44 heavy (non-hydrogen) atoms. The van der Waals surface area contributed by atoms with Crippen LogP contribution in [0.5, 0.6) is 5.75 Å². The highest BCUT2D eigenvalue weighted by atomic mass is 16.5. The summed E-state index contributed by atoms with van der Waals surface area (Å²) in [5.74, 6) is -0.878. The molecule has 0 bridgehead atoms. The molecule has 2 aliphatic rings. The maximum Gasteiger partial charge on any atom is 0.226 e. The molecule has 5 N–H and O–H groups in total. The van der Waals surface area contributed by atoms with Crippen molar-refractivity contribution in [2.75, 3.05) is 19.8 Å². The number of para-hydroxylation sites is 1. The number of ether oxygens (including phenoxy) is 2. The Morgan fingerprint density at radius 2 is 1.61 bits per heavy atom. The molecule has 2 amide bonds. The monoisotopic (exact) mass is 610 g/mol. The van der Waals surface area contributed by atoms with Gasteiger partial charge >= 0.3 is 0 Å². The predicted octanol–water partition coefficient (Wildman–Crippen LogP) is 3.70. The summed E-state index contributed by atoms with van der Waals surface area (Å²) in [6.07, 6.45) is 2.93. The minimum Gasteiger partial charge on any atom is -0.491 e. The minimum atomic E-state index is -1.41. The maximum atomic E-state index is 13.6. The van der Waals surface area contributed by atoms with E-state index in [-0.39, 0.29) is 24.9 Å². The van der Waals surface area contributed by atoms with Gasteiger partial charge in [-0.2, -0.15) is 0 Å². The number of carbonyl (C=O) groups excluding carboxylic acids is 2. The second-order valence-corrected chi connectivity index (χ2v) is 12.6. The van der Waals surface area contributed by atoms with Crippen molar-refractivity contribution in [3.63, 3.8) is 0 Å². The Labute approximate surface area is 261 Å². The van der Waals surface area contributed by atoms with Crippen LogP contribution in [0.1, 0.15) is 76.0 Å². The summed E-state index contributed by atoms with van der Waals surface area (Å²) in [6, 6.07) is 15.7. The maximum absolute atomic E-state index is 13.6. The average molecular weight is 611 g/mol. The smallest absolute Gasteiger partial charge is 0.226 e. The molecule has 1 fully saturated rings. The Bertz CT molecular complexity index is 1170. The standard InChI is InChI=1S/C35H50N2O7/c1-23(2)31(35(42)37-32-27-16-10-9-13-25(27)22-29(32)38)34(41)33(40)28(21-24-11-5-3-6-12-24)36-30(39)17-18-43-19-20-44-26-14-7-4-8-15-26/h4,7-10,13-16,23-24,28-29,31-34,38,40-41H,3,5-6,11-12,17-22H2,1-2H3,(H,36,39)(H,37,42)/t28-,29+,31+,32?,33+,34+/m0/s1.